The molecule has 0 bridgehead atoms. The molecule has 4 N–H and O–H groups in total. The molecule has 0 saturated carbocycles. The van der Waals surface area contributed by atoms with Crippen molar-refractivity contribution >= 4 is 28.9 Å². The smallest absolute Gasteiger partial charge is 0.326 e. The van der Waals surface area contributed by atoms with Crippen LogP contribution in [0.3, 0.4) is 0 Å². The minimum atomic E-state index is -0.785. The molecule has 3 rings (SSSR count). The monoisotopic (exact) mass is 306 g/mol. The first kappa shape index (κ1) is 13.4. The molecule has 1 aromatic heterocycles. The summed E-state index contributed by atoms with van der Waals surface area (Å²) >= 11 is 6.09. The van der Waals surface area contributed by atoms with Gasteiger partial charge in [0.2, 0.25) is 0 Å². The third-order valence-corrected chi connectivity index (χ3v) is 3.76. The Hall–Kier alpha value is -2.54. The first-order valence-corrected chi connectivity index (χ1v) is 6.58. The van der Waals surface area contributed by atoms with Crippen molar-refractivity contribution in [3.05, 3.63) is 55.3 Å². The summed E-state index contributed by atoms with van der Waals surface area (Å²) in [5, 5.41) is 0.579. The number of halogens is 1. The fraction of sp³-hybridized carbons (Fsp3) is 0.154. The van der Waals surface area contributed by atoms with Crippen LogP contribution in [0.15, 0.2) is 27.8 Å². The molecule has 0 saturated heterocycles. The van der Waals surface area contributed by atoms with Gasteiger partial charge in [-0.25, -0.2) is 4.79 Å². The summed E-state index contributed by atoms with van der Waals surface area (Å²) in [6.07, 6.45) is 0.605. The number of hydrogen-bond donors (Lipinski definition) is 3. The van der Waals surface area contributed by atoms with Crippen molar-refractivity contribution in [2.45, 2.75) is 6.42 Å². The van der Waals surface area contributed by atoms with E-state index in [9.17, 15) is 14.4 Å². The van der Waals surface area contributed by atoms with Crippen LogP contribution < -0.4 is 21.9 Å². The van der Waals surface area contributed by atoms with Gasteiger partial charge in [-0.05, 0) is 24.1 Å². The van der Waals surface area contributed by atoms with Crippen molar-refractivity contribution in [1.29, 1.82) is 0 Å². The number of benzene rings is 1. The van der Waals surface area contributed by atoms with Gasteiger partial charge in [0, 0.05) is 17.3 Å². The molecule has 21 heavy (non-hydrogen) atoms. The highest BCUT2D eigenvalue weighted by atomic mass is 35.5. The maximum absolute atomic E-state index is 12.5. The van der Waals surface area contributed by atoms with E-state index in [0.29, 0.717) is 23.7 Å². The van der Waals surface area contributed by atoms with Gasteiger partial charge in [0.15, 0.2) is 0 Å². The molecule has 1 aliphatic rings. The van der Waals surface area contributed by atoms with E-state index in [-0.39, 0.29) is 11.4 Å². The molecule has 0 radical (unpaired) electrons. The van der Waals surface area contributed by atoms with Crippen molar-refractivity contribution in [1.82, 2.24) is 9.97 Å². The second kappa shape index (κ2) is 4.78. The van der Waals surface area contributed by atoms with Crippen LogP contribution in [0.1, 0.15) is 16.1 Å². The van der Waals surface area contributed by atoms with Crippen LogP contribution in [-0.2, 0) is 6.42 Å². The van der Waals surface area contributed by atoms with Crippen LogP contribution in [0.5, 0.6) is 0 Å². The van der Waals surface area contributed by atoms with Crippen LogP contribution in [0.4, 0.5) is 11.4 Å². The van der Waals surface area contributed by atoms with Crippen molar-refractivity contribution in [2.75, 3.05) is 17.2 Å². The van der Waals surface area contributed by atoms with Crippen LogP contribution in [0.2, 0.25) is 5.02 Å². The van der Waals surface area contributed by atoms with Gasteiger partial charge in [-0.1, -0.05) is 17.7 Å². The van der Waals surface area contributed by atoms with E-state index in [1.54, 1.807) is 18.2 Å². The minimum Gasteiger partial charge on any atom is -0.392 e. The molecule has 1 aromatic carbocycles. The van der Waals surface area contributed by atoms with Crippen molar-refractivity contribution < 1.29 is 4.79 Å². The molecular weight excluding hydrogens is 296 g/mol. The molecule has 0 unspecified atom stereocenters. The Kier molecular flexibility index (Phi) is 3.06. The van der Waals surface area contributed by atoms with Crippen LogP contribution in [-0.4, -0.2) is 22.4 Å². The first-order chi connectivity index (χ1) is 9.99. The van der Waals surface area contributed by atoms with Crippen molar-refractivity contribution in [3.63, 3.8) is 0 Å². The maximum atomic E-state index is 12.5. The highest BCUT2D eigenvalue weighted by molar-refractivity contribution is 6.32. The molecule has 1 amide bonds. The number of fused-ring (bicyclic) bond motifs is 1. The number of hydrogen-bond acceptors (Lipinski definition) is 4. The van der Waals surface area contributed by atoms with Crippen molar-refractivity contribution in [2.24, 2.45) is 0 Å². The number of nitrogen functional groups attached to an aromatic ring is 1. The van der Waals surface area contributed by atoms with E-state index in [0.717, 1.165) is 5.56 Å². The molecule has 0 fully saturated rings. The summed E-state index contributed by atoms with van der Waals surface area (Å²) in [5.74, 6) is -0.531. The number of aromatic amines is 2. The van der Waals surface area contributed by atoms with Crippen molar-refractivity contribution in [3.8, 4) is 0 Å². The van der Waals surface area contributed by atoms with E-state index in [2.05, 4.69) is 4.98 Å². The number of aromatic nitrogens is 2. The maximum Gasteiger partial charge on any atom is 0.326 e. The van der Waals surface area contributed by atoms with Crippen LogP contribution >= 0.6 is 11.6 Å². The topological polar surface area (TPSA) is 112 Å². The third kappa shape index (κ3) is 2.11. The Bertz CT molecular complexity index is 855. The van der Waals surface area contributed by atoms with Gasteiger partial charge < -0.3 is 15.6 Å². The third-order valence-electron chi connectivity index (χ3n) is 3.41. The quantitative estimate of drug-likeness (QED) is 0.712. The standard InChI is InChI=1S/C13H11ClN4O3/c14-7-2-1-3-8-6(7)4-5-18(8)12(20)10-9(15)11(19)17-13(21)16-10/h1-3H,4-5,15H2,(H2,16,17,19,21). The highest BCUT2D eigenvalue weighted by Gasteiger charge is 2.29. The number of anilines is 2. The van der Waals surface area contributed by atoms with E-state index in [1.807, 2.05) is 4.98 Å². The largest absolute Gasteiger partial charge is 0.392 e. The lowest BCUT2D eigenvalue weighted by Crippen LogP contribution is -2.36. The highest BCUT2D eigenvalue weighted by Crippen LogP contribution is 2.34. The average Bonchev–Trinajstić information content (AvgIpc) is 2.87. The van der Waals surface area contributed by atoms with Gasteiger partial charge in [-0.3, -0.25) is 14.6 Å². The fourth-order valence-corrected chi connectivity index (χ4v) is 2.67. The number of rotatable bonds is 1. The Morgan fingerprint density at radius 1 is 1.29 bits per heavy atom. The van der Waals surface area contributed by atoms with Crippen LogP contribution in [0, 0.1) is 0 Å². The molecular formula is C13H11ClN4O3. The average molecular weight is 307 g/mol. The zero-order valence-corrected chi connectivity index (χ0v) is 11.5. The Labute approximate surface area is 123 Å². The van der Waals surface area contributed by atoms with E-state index in [1.165, 1.54) is 4.90 Å². The summed E-state index contributed by atoms with van der Waals surface area (Å²) in [6, 6.07) is 5.24. The molecule has 2 heterocycles. The second-order valence-corrected chi connectivity index (χ2v) is 5.05. The fourth-order valence-electron chi connectivity index (χ4n) is 2.40. The summed E-state index contributed by atoms with van der Waals surface area (Å²) in [6.45, 7) is 0.409. The van der Waals surface area contributed by atoms with Gasteiger partial charge >= 0.3 is 5.69 Å². The van der Waals surface area contributed by atoms with Crippen LogP contribution in [0.25, 0.3) is 0 Å². The lowest BCUT2D eigenvalue weighted by Gasteiger charge is -2.17. The molecule has 7 nitrogen and oxygen atoms in total. The summed E-state index contributed by atoms with van der Waals surface area (Å²) in [5.41, 5.74) is 5.02. The second-order valence-electron chi connectivity index (χ2n) is 4.64. The number of carbonyl (C=O) groups is 1. The van der Waals surface area contributed by atoms with E-state index < -0.39 is 17.2 Å². The Balaban J connectivity index is 2.09. The molecule has 2 aromatic rings. The lowest BCUT2D eigenvalue weighted by molar-refractivity contribution is 0.0985. The molecule has 1 aliphatic heterocycles. The van der Waals surface area contributed by atoms with Gasteiger partial charge in [-0.2, -0.15) is 0 Å². The number of H-pyrrole nitrogens is 2. The molecule has 8 heteroatoms. The SMILES string of the molecule is Nc1c(C(=O)N2CCc3c(Cl)cccc32)[nH]c(=O)[nH]c1=O. The number of nitrogens with one attached hydrogen (secondary N) is 2. The van der Waals surface area contributed by atoms with E-state index >= 15 is 0 Å². The lowest BCUT2D eigenvalue weighted by atomic mass is 10.2. The predicted octanol–water partition coefficient (Wildman–Crippen LogP) is 0.502. The molecule has 0 aliphatic carbocycles. The molecule has 0 spiro atoms. The number of amides is 1. The predicted molar refractivity (Wildman–Crippen MR) is 78.9 cm³/mol. The van der Waals surface area contributed by atoms with Gasteiger partial charge in [0.25, 0.3) is 11.5 Å². The number of nitrogens with zero attached hydrogens (tertiary/aromatic N) is 1. The number of nitrogens with two attached hydrogens (primary N) is 1. The summed E-state index contributed by atoms with van der Waals surface area (Å²) in [7, 11) is 0. The van der Waals surface area contributed by atoms with E-state index in [4.69, 9.17) is 17.3 Å². The Morgan fingerprint density at radius 3 is 2.81 bits per heavy atom. The Morgan fingerprint density at radius 2 is 2.05 bits per heavy atom. The summed E-state index contributed by atoms with van der Waals surface area (Å²) in [4.78, 5) is 41.0. The number of carbonyl (C=O) groups excluding carboxylic acids is 1. The van der Waals surface area contributed by atoms with Gasteiger partial charge in [0.1, 0.15) is 11.4 Å². The minimum absolute atomic E-state index is 0.212. The van der Waals surface area contributed by atoms with Gasteiger partial charge in [-0.15, -0.1) is 0 Å². The first-order valence-electron chi connectivity index (χ1n) is 6.20. The molecule has 0 atom stereocenters. The zero-order valence-electron chi connectivity index (χ0n) is 10.8. The van der Waals surface area contributed by atoms with Gasteiger partial charge in [0.05, 0.1) is 0 Å². The normalized spacial score (nSPS) is 13.3. The molecule has 108 valence electrons. The zero-order chi connectivity index (χ0) is 15.1. The summed E-state index contributed by atoms with van der Waals surface area (Å²) < 4.78 is 0.